The number of fused-ring (bicyclic) bond motifs is 1. The molecule has 1 aromatic heterocycles. The SMILES string of the molecule is O=C(CCn1cnc2ccccc21)N1CC[C@@]23OC[C@@H](c4ccccc4)N2C(=O)C[C@@H]13. The third kappa shape index (κ3) is 2.73. The molecule has 0 unspecified atom stereocenters. The van der Waals surface area contributed by atoms with Gasteiger partial charge in [-0.1, -0.05) is 42.5 Å². The lowest BCUT2D eigenvalue weighted by Crippen LogP contribution is -2.49. The van der Waals surface area contributed by atoms with Gasteiger partial charge in [-0.3, -0.25) is 9.59 Å². The fraction of sp³-hybridized carbons (Fsp3) is 0.375. The quantitative estimate of drug-likeness (QED) is 0.656. The zero-order chi connectivity index (χ0) is 21.0. The number of amides is 2. The van der Waals surface area contributed by atoms with E-state index in [4.69, 9.17) is 4.74 Å². The highest BCUT2D eigenvalue weighted by atomic mass is 16.5. The number of nitrogens with zero attached hydrogens (tertiary/aromatic N) is 4. The number of likely N-dealkylation sites (tertiary alicyclic amines) is 1. The van der Waals surface area contributed by atoms with E-state index in [1.807, 2.05) is 69.0 Å². The molecule has 2 aromatic carbocycles. The minimum Gasteiger partial charge on any atom is -0.351 e. The fourth-order valence-corrected chi connectivity index (χ4v) is 5.61. The van der Waals surface area contributed by atoms with Crippen LogP contribution in [0.15, 0.2) is 60.9 Å². The van der Waals surface area contributed by atoms with E-state index in [9.17, 15) is 9.59 Å². The average Bonchev–Trinajstić information content (AvgIpc) is 3.53. The van der Waals surface area contributed by atoms with Gasteiger partial charge in [0.15, 0.2) is 5.72 Å². The summed E-state index contributed by atoms with van der Waals surface area (Å²) >= 11 is 0. The molecule has 2 amide bonds. The lowest BCUT2D eigenvalue weighted by Gasteiger charge is -2.33. The van der Waals surface area contributed by atoms with Crippen molar-refractivity contribution in [3.63, 3.8) is 0 Å². The van der Waals surface area contributed by atoms with E-state index < -0.39 is 5.72 Å². The van der Waals surface area contributed by atoms with Crippen molar-refractivity contribution in [2.45, 2.75) is 43.6 Å². The van der Waals surface area contributed by atoms with Gasteiger partial charge in [0.1, 0.15) is 0 Å². The maximum atomic E-state index is 13.2. The van der Waals surface area contributed by atoms with Crippen molar-refractivity contribution in [1.29, 1.82) is 0 Å². The van der Waals surface area contributed by atoms with Gasteiger partial charge >= 0.3 is 0 Å². The Morgan fingerprint density at radius 1 is 1.13 bits per heavy atom. The van der Waals surface area contributed by atoms with Crippen LogP contribution in [0.2, 0.25) is 0 Å². The van der Waals surface area contributed by atoms with E-state index in [1.54, 1.807) is 6.33 Å². The molecule has 0 radical (unpaired) electrons. The molecule has 3 aliphatic heterocycles. The summed E-state index contributed by atoms with van der Waals surface area (Å²) in [5.41, 5.74) is 2.37. The predicted molar refractivity (Wildman–Crippen MR) is 114 cm³/mol. The number of imidazole rings is 1. The normalized spacial score (nSPS) is 27.2. The lowest BCUT2D eigenvalue weighted by atomic mass is 10.0. The highest BCUT2D eigenvalue weighted by Gasteiger charge is 2.65. The van der Waals surface area contributed by atoms with Crippen LogP contribution in [0.5, 0.6) is 0 Å². The van der Waals surface area contributed by atoms with Crippen molar-refractivity contribution < 1.29 is 14.3 Å². The van der Waals surface area contributed by atoms with Crippen LogP contribution in [0.1, 0.15) is 30.9 Å². The molecule has 3 saturated heterocycles. The monoisotopic (exact) mass is 416 g/mol. The molecular weight excluding hydrogens is 392 g/mol. The number of hydrogen-bond acceptors (Lipinski definition) is 4. The molecule has 0 saturated carbocycles. The van der Waals surface area contributed by atoms with Gasteiger partial charge in [-0.2, -0.15) is 0 Å². The first-order valence-electron chi connectivity index (χ1n) is 10.9. The maximum absolute atomic E-state index is 13.2. The van der Waals surface area contributed by atoms with Crippen molar-refractivity contribution in [3.8, 4) is 0 Å². The summed E-state index contributed by atoms with van der Waals surface area (Å²) in [5.74, 6) is 0.149. The Morgan fingerprint density at radius 2 is 1.94 bits per heavy atom. The van der Waals surface area contributed by atoms with E-state index in [2.05, 4.69) is 4.98 Å². The van der Waals surface area contributed by atoms with Crippen LogP contribution in [0.3, 0.4) is 0 Å². The van der Waals surface area contributed by atoms with Crippen LogP contribution in [-0.2, 0) is 20.9 Å². The Balaban J connectivity index is 1.20. The van der Waals surface area contributed by atoms with Crippen LogP contribution in [0.25, 0.3) is 11.0 Å². The molecule has 3 aromatic rings. The van der Waals surface area contributed by atoms with Crippen LogP contribution in [-0.4, -0.2) is 56.1 Å². The molecule has 7 nitrogen and oxygen atoms in total. The summed E-state index contributed by atoms with van der Waals surface area (Å²) in [7, 11) is 0. The van der Waals surface area contributed by atoms with Gasteiger partial charge in [-0.25, -0.2) is 4.98 Å². The molecule has 158 valence electrons. The van der Waals surface area contributed by atoms with Crippen LogP contribution in [0.4, 0.5) is 0 Å². The zero-order valence-electron chi connectivity index (χ0n) is 17.2. The molecule has 3 atom stereocenters. The number of para-hydroxylation sites is 2. The Hall–Kier alpha value is -3.19. The van der Waals surface area contributed by atoms with Gasteiger partial charge in [-0.15, -0.1) is 0 Å². The number of rotatable bonds is 4. The molecule has 3 fully saturated rings. The Bertz CT molecular complexity index is 1160. The molecule has 4 heterocycles. The minimum atomic E-state index is -0.672. The van der Waals surface area contributed by atoms with Crippen LogP contribution < -0.4 is 0 Å². The van der Waals surface area contributed by atoms with Crippen molar-refractivity contribution in [2.75, 3.05) is 13.2 Å². The summed E-state index contributed by atoms with van der Waals surface area (Å²) in [6.07, 6.45) is 3.17. The van der Waals surface area contributed by atoms with Gasteiger partial charge in [0.25, 0.3) is 0 Å². The molecule has 0 aliphatic carbocycles. The summed E-state index contributed by atoms with van der Waals surface area (Å²) < 4.78 is 8.33. The van der Waals surface area contributed by atoms with Crippen molar-refractivity contribution in [3.05, 3.63) is 66.5 Å². The molecule has 3 aliphatic rings. The highest BCUT2D eigenvalue weighted by Crippen LogP contribution is 2.51. The Morgan fingerprint density at radius 3 is 2.81 bits per heavy atom. The summed E-state index contributed by atoms with van der Waals surface area (Å²) in [6.45, 7) is 1.68. The molecule has 7 heteroatoms. The number of carbonyl (C=O) groups is 2. The van der Waals surface area contributed by atoms with E-state index in [0.29, 0.717) is 39.0 Å². The second kappa shape index (κ2) is 6.92. The van der Waals surface area contributed by atoms with Gasteiger partial charge in [0, 0.05) is 25.9 Å². The predicted octanol–water partition coefficient (Wildman–Crippen LogP) is 2.73. The van der Waals surface area contributed by atoms with Crippen molar-refractivity contribution in [2.24, 2.45) is 0 Å². The van der Waals surface area contributed by atoms with Crippen molar-refractivity contribution >= 4 is 22.8 Å². The van der Waals surface area contributed by atoms with Crippen LogP contribution in [0, 0.1) is 0 Å². The van der Waals surface area contributed by atoms with Gasteiger partial charge < -0.3 is 19.1 Å². The maximum Gasteiger partial charge on any atom is 0.227 e. The van der Waals surface area contributed by atoms with Crippen molar-refractivity contribution in [1.82, 2.24) is 19.4 Å². The number of benzene rings is 2. The second-order valence-corrected chi connectivity index (χ2v) is 8.58. The molecule has 0 N–H and O–H groups in total. The summed E-state index contributed by atoms with van der Waals surface area (Å²) in [6, 6.07) is 17.7. The molecule has 6 rings (SSSR count). The number of ether oxygens (including phenoxy) is 1. The first kappa shape index (κ1) is 18.6. The molecule has 1 spiro atoms. The third-order valence-electron chi connectivity index (χ3n) is 7.05. The van der Waals surface area contributed by atoms with E-state index in [0.717, 1.165) is 16.6 Å². The van der Waals surface area contributed by atoms with E-state index in [-0.39, 0.29) is 23.9 Å². The van der Waals surface area contributed by atoms with Crippen LogP contribution >= 0.6 is 0 Å². The third-order valence-corrected chi connectivity index (χ3v) is 7.05. The lowest BCUT2D eigenvalue weighted by molar-refractivity contribution is -0.141. The number of hydrogen-bond donors (Lipinski definition) is 0. The number of carbonyl (C=O) groups excluding carboxylic acids is 2. The van der Waals surface area contributed by atoms with Gasteiger partial charge in [0.05, 0.1) is 42.5 Å². The van der Waals surface area contributed by atoms with Gasteiger partial charge in [0.2, 0.25) is 11.8 Å². The van der Waals surface area contributed by atoms with E-state index >= 15 is 0 Å². The minimum absolute atomic E-state index is 0.0704. The fourth-order valence-electron chi connectivity index (χ4n) is 5.61. The first-order valence-corrected chi connectivity index (χ1v) is 10.9. The second-order valence-electron chi connectivity index (χ2n) is 8.58. The summed E-state index contributed by atoms with van der Waals surface area (Å²) in [4.78, 5) is 34.4. The largest absolute Gasteiger partial charge is 0.351 e. The smallest absolute Gasteiger partial charge is 0.227 e. The first-order chi connectivity index (χ1) is 15.2. The topological polar surface area (TPSA) is 67.7 Å². The number of aromatic nitrogens is 2. The Kier molecular flexibility index (Phi) is 4.14. The Labute approximate surface area is 180 Å². The molecular formula is C24H24N4O3. The number of aryl methyl sites for hydroxylation is 1. The van der Waals surface area contributed by atoms with Gasteiger partial charge in [-0.05, 0) is 17.7 Å². The molecule has 0 bridgehead atoms. The summed E-state index contributed by atoms with van der Waals surface area (Å²) in [5, 5.41) is 0. The standard InChI is InChI=1S/C24H24N4O3/c29-22(10-12-26-16-25-18-8-4-5-9-19(18)26)27-13-11-24-21(27)14-23(30)28(24)20(15-31-24)17-6-2-1-3-7-17/h1-9,16,20-21H,10-15H2/t20-,21+,24-/m0/s1. The van der Waals surface area contributed by atoms with E-state index in [1.165, 1.54) is 0 Å². The zero-order valence-corrected chi connectivity index (χ0v) is 17.2. The molecule has 31 heavy (non-hydrogen) atoms. The highest BCUT2D eigenvalue weighted by molar-refractivity contribution is 5.85. The average molecular weight is 416 g/mol.